The third-order valence-corrected chi connectivity index (χ3v) is 4.82. The van der Waals surface area contributed by atoms with E-state index in [4.69, 9.17) is 0 Å². The van der Waals surface area contributed by atoms with Crippen LogP contribution in [0.25, 0.3) is 0 Å². The minimum atomic E-state index is 0.157. The number of aliphatic imine (C=N–C) groups is 2. The van der Waals surface area contributed by atoms with Crippen LogP contribution in [0.3, 0.4) is 0 Å². The number of hydrogen-bond donors (Lipinski definition) is 2. The van der Waals surface area contributed by atoms with Crippen LogP contribution in [0.5, 0.6) is 0 Å². The van der Waals surface area contributed by atoms with Gasteiger partial charge in [0.05, 0.1) is 11.4 Å². The summed E-state index contributed by atoms with van der Waals surface area (Å²) < 4.78 is 0. The number of rotatable bonds is 9. The summed E-state index contributed by atoms with van der Waals surface area (Å²) in [4.78, 5) is 16.0. The van der Waals surface area contributed by atoms with E-state index in [9.17, 15) is 0 Å². The molecule has 4 heteroatoms. The summed E-state index contributed by atoms with van der Waals surface area (Å²) in [7, 11) is 0. The highest BCUT2D eigenvalue weighted by molar-refractivity contribution is 5.77. The van der Waals surface area contributed by atoms with Crippen molar-refractivity contribution in [2.75, 3.05) is 13.1 Å². The first kappa shape index (κ1) is 22.2. The lowest BCUT2D eigenvalue weighted by Gasteiger charge is -2.15. The van der Waals surface area contributed by atoms with Gasteiger partial charge in [0, 0.05) is 47.7 Å². The molecule has 0 saturated carbocycles. The van der Waals surface area contributed by atoms with E-state index >= 15 is 0 Å². The predicted octanol–water partition coefficient (Wildman–Crippen LogP) is 6.04. The van der Waals surface area contributed by atoms with Crippen molar-refractivity contribution in [3.05, 3.63) is 47.0 Å². The van der Waals surface area contributed by atoms with E-state index in [1.54, 1.807) is 0 Å². The lowest BCUT2D eigenvalue weighted by Crippen LogP contribution is -2.11. The second kappa shape index (κ2) is 9.90. The van der Waals surface area contributed by atoms with Crippen LogP contribution < -0.4 is 0 Å². The Morgan fingerprint density at radius 3 is 1.36 bits per heavy atom. The maximum atomic E-state index is 4.54. The van der Waals surface area contributed by atoms with Gasteiger partial charge in [-0.05, 0) is 37.1 Å². The zero-order valence-corrected chi connectivity index (χ0v) is 18.6. The fourth-order valence-corrected chi connectivity index (χ4v) is 2.94. The van der Waals surface area contributed by atoms with Crippen LogP contribution in [0.1, 0.15) is 90.0 Å². The second-order valence-corrected chi connectivity index (χ2v) is 9.64. The Morgan fingerprint density at radius 2 is 1.04 bits per heavy atom. The Morgan fingerprint density at radius 1 is 0.643 bits per heavy atom. The molecule has 0 saturated heterocycles. The average Bonchev–Trinajstić information content (AvgIpc) is 3.25. The molecule has 0 bridgehead atoms. The minimum Gasteiger partial charge on any atom is -0.357 e. The van der Waals surface area contributed by atoms with Gasteiger partial charge in [-0.25, -0.2) is 0 Å². The van der Waals surface area contributed by atoms with Crippen LogP contribution >= 0.6 is 0 Å². The molecule has 0 aliphatic heterocycles. The summed E-state index contributed by atoms with van der Waals surface area (Å²) in [5, 5.41) is 0. The number of nitrogens with zero attached hydrogens (tertiary/aromatic N) is 2. The molecule has 0 spiro atoms. The van der Waals surface area contributed by atoms with Gasteiger partial charge in [0.2, 0.25) is 0 Å². The largest absolute Gasteiger partial charge is 0.357 e. The Balaban J connectivity index is 1.56. The fourth-order valence-electron chi connectivity index (χ4n) is 2.94. The SMILES string of the molecule is CC(C)(C)c1ccc(C=NCCCCCCN=Cc2ccc(C(C)(C)C)[nH]2)[nH]1. The Kier molecular flexibility index (Phi) is 7.85. The van der Waals surface area contributed by atoms with E-state index < -0.39 is 0 Å². The monoisotopic (exact) mass is 382 g/mol. The Hall–Kier alpha value is -2.10. The highest BCUT2D eigenvalue weighted by Crippen LogP contribution is 2.21. The van der Waals surface area contributed by atoms with Gasteiger partial charge in [0.25, 0.3) is 0 Å². The van der Waals surface area contributed by atoms with Gasteiger partial charge < -0.3 is 9.97 Å². The molecule has 0 aliphatic rings. The van der Waals surface area contributed by atoms with Gasteiger partial charge in [0.1, 0.15) is 0 Å². The molecule has 0 radical (unpaired) electrons. The summed E-state index contributed by atoms with van der Waals surface area (Å²) in [6.45, 7) is 15.1. The van der Waals surface area contributed by atoms with Crippen molar-refractivity contribution in [3.8, 4) is 0 Å². The van der Waals surface area contributed by atoms with Crippen LogP contribution in [-0.2, 0) is 10.8 Å². The smallest absolute Gasteiger partial charge is 0.0564 e. The normalized spacial score (nSPS) is 13.2. The van der Waals surface area contributed by atoms with Crippen molar-refractivity contribution in [1.29, 1.82) is 0 Å². The third-order valence-electron chi connectivity index (χ3n) is 4.82. The summed E-state index contributed by atoms with van der Waals surface area (Å²) in [5.41, 5.74) is 5.01. The molecule has 0 aromatic carbocycles. The quantitative estimate of drug-likeness (QED) is 0.393. The van der Waals surface area contributed by atoms with Gasteiger partial charge in [-0.1, -0.05) is 54.4 Å². The van der Waals surface area contributed by atoms with Crippen molar-refractivity contribution >= 4 is 12.4 Å². The van der Waals surface area contributed by atoms with Crippen LogP contribution in [0.4, 0.5) is 0 Å². The molecule has 2 aromatic heterocycles. The van der Waals surface area contributed by atoms with Crippen molar-refractivity contribution in [3.63, 3.8) is 0 Å². The Bertz CT molecular complexity index is 697. The number of aromatic amines is 2. The van der Waals surface area contributed by atoms with E-state index in [-0.39, 0.29) is 10.8 Å². The standard InChI is InChI=1S/C24H38N4/c1-23(2,3)21-13-11-19(27-21)17-25-15-9-7-8-10-16-26-18-20-12-14-22(28-20)24(4,5)6/h11-14,17-18,27-28H,7-10,15-16H2,1-6H3. The molecule has 2 aromatic rings. The van der Waals surface area contributed by atoms with Gasteiger partial charge >= 0.3 is 0 Å². The number of nitrogens with one attached hydrogen (secondary N) is 2. The minimum absolute atomic E-state index is 0.157. The third kappa shape index (κ3) is 7.49. The molecule has 2 heterocycles. The van der Waals surface area contributed by atoms with Gasteiger partial charge in [-0.2, -0.15) is 0 Å². The highest BCUT2D eigenvalue weighted by Gasteiger charge is 2.15. The lowest BCUT2D eigenvalue weighted by atomic mass is 9.93. The lowest BCUT2D eigenvalue weighted by molar-refractivity contribution is 0.572. The van der Waals surface area contributed by atoms with E-state index in [0.717, 1.165) is 37.3 Å². The van der Waals surface area contributed by atoms with Gasteiger partial charge in [-0.3, -0.25) is 9.98 Å². The second-order valence-electron chi connectivity index (χ2n) is 9.64. The number of H-pyrrole nitrogens is 2. The van der Waals surface area contributed by atoms with Crippen molar-refractivity contribution < 1.29 is 0 Å². The molecular weight excluding hydrogens is 344 g/mol. The average molecular weight is 383 g/mol. The van der Waals surface area contributed by atoms with Crippen LogP contribution in [0.2, 0.25) is 0 Å². The van der Waals surface area contributed by atoms with Gasteiger partial charge in [0.15, 0.2) is 0 Å². The maximum Gasteiger partial charge on any atom is 0.0564 e. The topological polar surface area (TPSA) is 56.3 Å². The maximum absolute atomic E-state index is 4.54. The summed E-state index contributed by atoms with van der Waals surface area (Å²) in [5.74, 6) is 0. The summed E-state index contributed by atoms with van der Waals surface area (Å²) >= 11 is 0. The molecule has 0 amide bonds. The molecule has 0 atom stereocenters. The van der Waals surface area contributed by atoms with E-state index in [1.165, 1.54) is 24.2 Å². The molecule has 2 N–H and O–H groups in total. The molecule has 0 aliphatic carbocycles. The van der Waals surface area contributed by atoms with E-state index in [0.29, 0.717) is 0 Å². The fraction of sp³-hybridized carbons (Fsp3) is 0.583. The molecule has 0 unspecified atom stereocenters. The molecule has 0 fully saturated rings. The predicted molar refractivity (Wildman–Crippen MR) is 122 cm³/mol. The van der Waals surface area contributed by atoms with Crippen molar-refractivity contribution in [2.45, 2.75) is 78.1 Å². The van der Waals surface area contributed by atoms with E-state index in [2.05, 4.69) is 85.8 Å². The first-order chi connectivity index (χ1) is 13.2. The summed E-state index contributed by atoms with van der Waals surface area (Å²) in [6.07, 6.45) is 8.61. The van der Waals surface area contributed by atoms with E-state index in [1.807, 2.05) is 12.4 Å². The molecule has 154 valence electrons. The van der Waals surface area contributed by atoms with Crippen molar-refractivity contribution in [2.24, 2.45) is 9.98 Å². The zero-order valence-electron chi connectivity index (χ0n) is 18.6. The van der Waals surface area contributed by atoms with Crippen LogP contribution in [0.15, 0.2) is 34.3 Å². The molecule has 2 rings (SSSR count). The highest BCUT2D eigenvalue weighted by atomic mass is 14.8. The van der Waals surface area contributed by atoms with Crippen LogP contribution in [0, 0.1) is 0 Å². The first-order valence-corrected chi connectivity index (χ1v) is 10.5. The first-order valence-electron chi connectivity index (χ1n) is 10.5. The number of aromatic nitrogens is 2. The number of unbranched alkanes of at least 4 members (excludes halogenated alkanes) is 3. The molecular formula is C24H38N4. The van der Waals surface area contributed by atoms with Gasteiger partial charge in [-0.15, -0.1) is 0 Å². The molecule has 28 heavy (non-hydrogen) atoms. The number of hydrogen-bond acceptors (Lipinski definition) is 2. The molecule has 4 nitrogen and oxygen atoms in total. The summed E-state index contributed by atoms with van der Waals surface area (Å²) in [6, 6.07) is 8.52. The zero-order chi connectivity index (χ0) is 20.6. The van der Waals surface area contributed by atoms with Crippen molar-refractivity contribution in [1.82, 2.24) is 9.97 Å². The van der Waals surface area contributed by atoms with Crippen LogP contribution in [-0.4, -0.2) is 35.5 Å². The Labute approximate surface area is 171 Å².